The zero-order valence-electron chi connectivity index (χ0n) is 11.0. The first-order valence-corrected chi connectivity index (χ1v) is 7.03. The van der Waals surface area contributed by atoms with Crippen LogP contribution in [0.15, 0.2) is 30.5 Å². The summed E-state index contributed by atoms with van der Waals surface area (Å²) in [5.74, 6) is 0. The van der Waals surface area contributed by atoms with Gasteiger partial charge in [0, 0.05) is 41.3 Å². The van der Waals surface area contributed by atoms with Crippen molar-refractivity contribution in [3.63, 3.8) is 0 Å². The van der Waals surface area contributed by atoms with Gasteiger partial charge in [-0.2, -0.15) is 5.10 Å². The van der Waals surface area contributed by atoms with E-state index in [9.17, 15) is 0 Å². The highest BCUT2D eigenvalue weighted by Gasteiger charge is 2.18. The molecule has 3 nitrogen and oxygen atoms in total. The molecule has 0 bridgehead atoms. The highest BCUT2D eigenvalue weighted by atomic mass is 35.5. The van der Waals surface area contributed by atoms with Crippen molar-refractivity contribution < 1.29 is 0 Å². The Kier molecular flexibility index (Phi) is 4.86. The molecule has 102 valence electrons. The summed E-state index contributed by atoms with van der Waals surface area (Å²) in [6.07, 6.45) is 2.70. The summed E-state index contributed by atoms with van der Waals surface area (Å²) >= 11 is 12.6. The largest absolute Gasteiger partial charge is 0.310 e. The van der Waals surface area contributed by atoms with E-state index >= 15 is 0 Å². The quantitative estimate of drug-likeness (QED) is 0.913. The Labute approximate surface area is 123 Å². The monoisotopic (exact) mass is 297 g/mol. The van der Waals surface area contributed by atoms with E-state index in [-0.39, 0.29) is 6.04 Å². The van der Waals surface area contributed by atoms with Gasteiger partial charge in [0.05, 0.1) is 5.69 Å². The van der Waals surface area contributed by atoms with Crippen molar-refractivity contribution in [3.05, 3.63) is 51.8 Å². The number of hydrogen-bond acceptors (Lipinski definition) is 2. The molecule has 0 saturated carbocycles. The second-order valence-corrected chi connectivity index (χ2v) is 5.24. The van der Waals surface area contributed by atoms with E-state index in [1.54, 1.807) is 4.68 Å². The lowest BCUT2D eigenvalue weighted by Crippen LogP contribution is -2.24. The van der Waals surface area contributed by atoms with Crippen LogP contribution in [0, 0.1) is 0 Å². The number of aryl methyl sites for hydroxylation is 1. The highest BCUT2D eigenvalue weighted by Crippen LogP contribution is 2.31. The van der Waals surface area contributed by atoms with E-state index in [4.69, 9.17) is 23.2 Å². The standard InChI is InChI=1S/C14H17Cl2N3/c1-3-17-13(9-10-7-8-19(2)18-10)14-11(15)5-4-6-12(14)16/h4-8,13,17H,3,9H2,1-2H3. The van der Waals surface area contributed by atoms with Crippen molar-refractivity contribution in [2.45, 2.75) is 19.4 Å². The summed E-state index contributed by atoms with van der Waals surface area (Å²) in [5, 5.41) is 9.21. The van der Waals surface area contributed by atoms with Crippen LogP contribution in [0.25, 0.3) is 0 Å². The lowest BCUT2D eigenvalue weighted by Gasteiger charge is -2.20. The van der Waals surface area contributed by atoms with Crippen molar-refractivity contribution in [3.8, 4) is 0 Å². The van der Waals surface area contributed by atoms with Crippen molar-refractivity contribution >= 4 is 23.2 Å². The lowest BCUT2D eigenvalue weighted by atomic mass is 10.0. The van der Waals surface area contributed by atoms with Crippen LogP contribution >= 0.6 is 23.2 Å². The van der Waals surface area contributed by atoms with Gasteiger partial charge < -0.3 is 5.32 Å². The first kappa shape index (κ1) is 14.4. The van der Waals surface area contributed by atoms with E-state index in [1.165, 1.54) is 0 Å². The van der Waals surface area contributed by atoms with Gasteiger partial charge in [-0.3, -0.25) is 4.68 Å². The van der Waals surface area contributed by atoms with Crippen LogP contribution in [0.4, 0.5) is 0 Å². The second kappa shape index (κ2) is 6.42. The third-order valence-electron chi connectivity index (χ3n) is 2.98. The molecule has 0 amide bonds. The molecule has 1 N–H and O–H groups in total. The molecule has 1 atom stereocenters. The summed E-state index contributed by atoms with van der Waals surface area (Å²) in [4.78, 5) is 0. The zero-order chi connectivity index (χ0) is 13.8. The van der Waals surface area contributed by atoms with Gasteiger partial charge in [-0.1, -0.05) is 36.2 Å². The molecule has 2 rings (SSSR count). The lowest BCUT2D eigenvalue weighted by molar-refractivity contribution is 0.540. The van der Waals surface area contributed by atoms with E-state index in [0.717, 1.165) is 24.2 Å². The molecule has 0 radical (unpaired) electrons. The van der Waals surface area contributed by atoms with Gasteiger partial charge in [-0.05, 0) is 24.7 Å². The van der Waals surface area contributed by atoms with Gasteiger partial charge in [-0.15, -0.1) is 0 Å². The van der Waals surface area contributed by atoms with Crippen molar-refractivity contribution in [1.29, 1.82) is 0 Å². The number of hydrogen-bond donors (Lipinski definition) is 1. The average Bonchev–Trinajstić information content (AvgIpc) is 2.75. The van der Waals surface area contributed by atoms with E-state index in [1.807, 2.05) is 37.5 Å². The Morgan fingerprint density at radius 1 is 1.26 bits per heavy atom. The number of likely N-dealkylation sites (N-methyl/N-ethyl adjacent to an activating group) is 1. The molecule has 0 aliphatic heterocycles. The van der Waals surface area contributed by atoms with Crippen molar-refractivity contribution in [1.82, 2.24) is 15.1 Å². The molecule has 1 aromatic carbocycles. The molecule has 0 spiro atoms. The smallest absolute Gasteiger partial charge is 0.0643 e. The topological polar surface area (TPSA) is 29.9 Å². The summed E-state index contributed by atoms with van der Waals surface area (Å²) in [5.41, 5.74) is 1.96. The molecule has 0 aliphatic carbocycles. The third kappa shape index (κ3) is 3.50. The number of nitrogens with one attached hydrogen (secondary N) is 1. The number of benzene rings is 1. The summed E-state index contributed by atoms with van der Waals surface area (Å²) in [6, 6.07) is 7.67. The summed E-state index contributed by atoms with van der Waals surface area (Å²) < 4.78 is 1.80. The zero-order valence-corrected chi connectivity index (χ0v) is 12.5. The number of aromatic nitrogens is 2. The average molecular weight is 298 g/mol. The third-order valence-corrected chi connectivity index (χ3v) is 3.64. The van der Waals surface area contributed by atoms with Crippen LogP contribution < -0.4 is 5.32 Å². The fraction of sp³-hybridized carbons (Fsp3) is 0.357. The minimum absolute atomic E-state index is 0.0705. The Bertz CT molecular complexity index is 531. The molecule has 0 saturated heterocycles. The number of rotatable bonds is 5. The van der Waals surface area contributed by atoms with Gasteiger partial charge in [0.25, 0.3) is 0 Å². The molecule has 0 aliphatic rings. The molecule has 19 heavy (non-hydrogen) atoms. The maximum atomic E-state index is 6.28. The normalized spacial score (nSPS) is 12.6. The Morgan fingerprint density at radius 3 is 2.47 bits per heavy atom. The van der Waals surface area contributed by atoms with E-state index in [2.05, 4.69) is 17.3 Å². The van der Waals surface area contributed by atoms with Crippen molar-refractivity contribution in [2.75, 3.05) is 6.54 Å². The predicted octanol–water partition coefficient (Wildman–Crippen LogP) is 3.62. The predicted molar refractivity (Wildman–Crippen MR) is 79.8 cm³/mol. The van der Waals surface area contributed by atoms with Crippen LogP contribution in [0.1, 0.15) is 24.2 Å². The van der Waals surface area contributed by atoms with Crippen molar-refractivity contribution in [2.24, 2.45) is 7.05 Å². The second-order valence-electron chi connectivity index (χ2n) is 4.43. The summed E-state index contributed by atoms with van der Waals surface area (Å²) in [7, 11) is 1.91. The fourth-order valence-corrected chi connectivity index (χ4v) is 2.81. The Balaban J connectivity index is 2.29. The van der Waals surface area contributed by atoms with Crippen LogP contribution in [-0.4, -0.2) is 16.3 Å². The number of nitrogens with zero attached hydrogens (tertiary/aromatic N) is 2. The molecule has 1 unspecified atom stereocenters. The van der Waals surface area contributed by atoms with E-state index in [0.29, 0.717) is 10.0 Å². The van der Waals surface area contributed by atoms with Crippen LogP contribution in [-0.2, 0) is 13.5 Å². The van der Waals surface area contributed by atoms with Crippen LogP contribution in [0.2, 0.25) is 10.0 Å². The molecule has 0 fully saturated rings. The van der Waals surface area contributed by atoms with Gasteiger partial charge in [0.1, 0.15) is 0 Å². The summed E-state index contributed by atoms with van der Waals surface area (Å²) in [6.45, 7) is 2.91. The molecule has 5 heteroatoms. The molecule has 1 heterocycles. The first-order valence-electron chi connectivity index (χ1n) is 6.27. The highest BCUT2D eigenvalue weighted by molar-refractivity contribution is 6.36. The fourth-order valence-electron chi connectivity index (χ4n) is 2.15. The Hall–Kier alpha value is -1.03. The molecule has 1 aromatic heterocycles. The maximum Gasteiger partial charge on any atom is 0.0643 e. The number of halogens is 2. The van der Waals surface area contributed by atoms with E-state index < -0.39 is 0 Å². The van der Waals surface area contributed by atoms with Gasteiger partial charge in [0.2, 0.25) is 0 Å². The SMILES string of the molecule is CCNC(Cc1ccn(C)n1)c1c(Cl)cccc1Cl. The Morgan fingerprint density at radius 2 is 1.95 bits per heavy atom. The van der Waals surface area contributed by atoms with Gasteiger partial charge in [0.15, 0.2) is 0 Å². The van der Waals surface area contributed by atoms with Gasteiger partial charge >= 0.3 is 0 Å². The van der Waals surface area contributed by atoms with Crippen LogP contribution in [0.5, 0.6) is 0 Å². The minimum atomic E-state index is 0.0705. The molecular weight excluding hydrogens is 281 g/mol. The minimum Gasteiger partial charge on any atom is -0.310 e. The maximum absolute atomic E-state index is 6.28. The molecular formula is C14H17Cl2N3. The first-order chi connectivity index (χ1) is 9.11. The van der Waals surface area contributed by atoms with Crippen LogP contribution in [0.3, 0.4) is 0 Å². The molecule has 2 aromatic rings. The van der Waals surface area contributed by atoms with Gasteiger partial charge in [-0.25, -0.2) is 0 Å².